The van der Waals surface area contributed by atoms with E-state index >= 15 is 0 Å². The molecule has 1 aliphatic heterocycles. The summed E-state index contributed by atoms with van der Waals surface area (Å²) in [7, 11) is 0. The Morgan fingerprint density at radius 1 is 1.14 bits per heavy atom. The molecule has 0 unspecified atom stereocenters. The molecule has 5 heteroatoms. The Bertz CT molecular complexity index is 566. The molecule has 0 radical (unpaired) electrons. The van der Waals surface area contributed by atoms with Gasteiger partial charge in [-0.05, 0) is 25.3 Å². The first-order valence-electron chi connectivity index (χ1n) is 7.60. The molecule has 3 rings (SSSR count). The van der Waals surface area contributed by atoms with E-state index in [0.29, 0.717) is 5.95 Å². The molecule has 0 bridgehead atoms. The number of anilines is 2. The third kappa shape index (κ3) is 3.29. The zero-order valence-corrected chi connectivity index (χ0v) is 12.4. The van der Waals surface area contributed by atoms with Crippen LogP contribution >= 0.6 is 0 Å². The van der Waals surface area contributed by atoms with Gasteiger partial charge in [-0.1, -0.05) is 30.3 Å². The summed E-state index contributed by atoms with van der Waals surface area (Å²) < 4.78 is 0. The lowest BCUT2D eigenvalue weighted by molar-refractivity contribution is 0.762. The summed E-state index contributed by atoms with van der Waals surface area (Å²) >= 11 is 0. The molecule has 5 nitrogen and oxygen atoms in total. The minimum Gasteiger partial charge on any atom is -0.355 e. The normalized spacial score (nSPS) is 14.4. The Balaban J connectivity index is 1.78. The van der Waals surface area contributed by atoms with Gasteiger partial charge in [-0.25, -0.2) is 0 Å². The van der Waals surface area contributed by atoms with E-state index in [0.717, 1.165) is 32.0 Å². The van der Waals surface area contributed by atoms with E-state index in [2.05, 4.69) is 51.2 Å². The van der Waals surface area contributed by atoms with E-state index in [1.165, 1.54) is 18.4 Å². The van der Waals surface area contributed by atoms with Gasteiger partial charge in [-0.3, -0.25) is 0 Å². The van der Waals surface area contributed by atoms with E-state index < -0.39 is 0 Å². The van der Waals surface area contributed by atoms with Crippen LogP contribution in [0, 0.1) is 0 Å². The van der Waals surface area contributed by atoms with Gasteiger partial charge in [0.2, 0.25) is 5.95 Å². The summed E-state index contributed by atoms with van der Waals surface area (Å²) in [5.41, 5.74) is 1.26. The summed E-state index contributed by atoms with van der Waals surface area (Å²) in [5, 5.41) is 8.36. The second-order valence-corrected chi connectivity index (χ2v) is 5.31. The second-order valence-electron chi connectivity index (χ2n) is 5.31. The summed E-state index contributed by atoms with van der Waals surface area (Å²) in [6, 6.07) is 10.4. The van der Waals surface area contributed by atoms with Gasteiger partial charge in [0.05, 0.1) is 6.20 Å². The van der Waals surface area contributed by atoms with Gasteiger partial charge in [0.15, 0.2) is 5.82 Å². The molecule has 21 heavy (non-hydrogen) atoms. The molecule has 1 aromatic heterocycles. The molecule has 1 aromatic carbocycles. The molecule has 2 heterocycles. The molecule has 1 aliphatic rings. The molecule has 0 N–H and O–H groups in total. The van der Waals surface area contributed by atoms with Crippen LogP contribution < -0.4 is 9.80 Å². The molecule has 110 valence electrons. The van der Waals surface area contributed by atoms with E-state index in [9.17, 15) is 0 Å². The van der Waals surface area contributed by atoms with Gasteiger partial charge in [-0.2, -0.15) is 10.1 Å². The van der Waals surface area contributed by atoms with Gasteiger partial charge in [0, 0.05) is 26.2 Å². The zero-order chi connectivity index (χ0) is 14.5. The molecule has 0 saturated carbocycles. The quantitative estimate of drug-likeness (QED) is 0.843. The molecule has 0 aliphatic carbocycles. The SMILES string of the molecule is CCN(Cc1ccccc1)c1nncc(N2CCCC2)n1. The number of aromatic nitrogens is 3. The van der Waals surface area contributed by atoms with Crippen molar-refractivity contribution in [2.24, 2.45) is 0 Å². The largest absolute Gasteiger partial charge is 0.355 e. The molecular formula is C16H21N5. The predicted octanol–water partition coefficient (Wildman–Crippen LogP) is 2.50. The zero-order valence-electron chi connectivity index (χ0n) is 12.4. The third-order valence-corrected chi connectivity index (χ3v) is 3.85. The van der Waals surface area contributed by atoms with Crippen LogP contribution in [0.1, 0.15) is 25.3 Å². The monoisotopic (exact) mass is 283 g/mol. The molecule has 0 spiro atoms. The highest BCUT2D eigenvalue weighted by molar-refractivity contribution is 5.42. The van der Waals surface area contributed by atoms with Crippen molar-refractivity contribution in [2.75, 3.05) is 29.4 Å². The second kappa shape index (κ2) is 6.52. The highest BCUT2D eigenvalue weighted by Gasteiger charge is 2.16. The van der Waals surface area contributed by atoms with Gasteiger partial charge < -0.3 is 9.80 Å². The molecule has 1 saturated heterocycles. The van der Waals surface area contributed by atoms with Crippen molar-refractivity contribution in [3.63, 3.8) is 0 Å². The lowest BCUT2D eigenvalue weighted by atomic mass is 10.2. The van der Waals surface area contributed by atoms with Crippen LogP contribution in [0.5, 0.6) is 0 Å². The van der Waals surface area contributed by atoms with Crippen LogP contribution in [-0.2, 0) is 6.54 Å². The Morgan fingerprint density at radius 2 is 1.90 bits per heavy atom. The van der Waals surface area contributed by atoms with E-state index in [1.54, 1.807) is 6.20 Å². The fourth-order valence-electron chi connectivity index (χ4n) is 2.65. The number of nitrogens with zero attached hydrogens (tertiary/aromatic N) is 5. The maximum absolute atomic E-state index is 4.70. The number of rotatable bonds is 5. The maximum Gasteiger partial charge on any atom is 0.247 e. The lowest BCUT2D eigenvalue weighted by Gasteiger charge is -2.22. The van der Waals surface area contributed by atoms with Gasteiger partial charge in [-0.15, -0.1) is 5.10 Å². The van der Waals surface area contributed by atoms with Crippen LogP contribution in [0.25, 0.3) is 0 Å². The third-order valence-electron chi connectivity index (χ3n) is 3.85. The van der Waals surface area contributed by atoms with E-state index in [-0.39, 0.29) is 0 Å². The van der Waals surface area contributed by atoms with Gasteiger partial charge in [0.1, 0.15) is 0 Å². The first-order chi connectivity index (χ1) is 10.4. The minimum atomic E-state index is 0.714. The standard InChI is InChI=1S/C16H21N5/c1-2-20(13-14-8-4-3-5-9-14)16-18-15(12-17-19-16)21-10-6-7-11-21/h3-5,8-9,12H,2,6-7,10-11,13H2,1H3. The number of benzene rings is 1. The van der Waals surface area contributed by atoms with Gasteiger partial charge in [0.25, 0.3) is 0 Å². The van der Waals surface area contributed by atoms with Gasteiger partial charge >= 0.3 is 0 Å². The van der Waals surface area contributed by atoms with Crippen LogP contribution in [0.4, 0.5) is 11.8 Å². The highest BCUT2D eigenvalue weighted by atomic mass is 15.3. The smallest absolute Gasteiger partial charge is 0.247 e. The Labute approximate surface area is 125 Å². The maximum atomic E-state index is 4.70. The van der Waals surface area contributed by atoms with Crippen molar-refractivity contribution in [2.45, 2.75) is 26.3 Å². The van der Waals surface area contributed by atoms with E-state index in [1.807, 2.05) is 6.07 Å². The lowest BCUT2D eigenvalue weighted by Crippen LogP contribution is -2.26. The Kier molecular flexibility index (Phi) is 4.28. The van der Waals surface area contributed by atoms with Crippen molar-refractivity contribution in [1.29, 1.82) is 0 Å². The molecule has 0 amide bonds. The summed E-state index contributed by atoms with van der Waals surface area (Å²) in [4.78, 5) is 9.14. The summed E-state index contributed by atoms with van der Waals surface area (Å²) in [6.45, 7) is 5.93. The van der Waals surface area contributed by atoms with Crippen LogP contribution in [0.2, 0.25) is 0 Å². The average Bonchev–Trinajstić information content (AvgIpc) is 3.08. The number of hydrogen-bond acceptors (Lipinski definition) is 5. The first kappa shape index (κ1) is 13.8. The Hall–Kier alpha value is -2.17. The van der Waals surface area contributed by atoms with Crippen molar-refractivity contribution < 1.29 is 0 Å². The first-order valence-corrected chi connectivity index (χ1v) is 7.60. The molecule has 0 atom stereocenters. The topological polar surface area (TPSA) is 45.2 Å². The van der Waals surface area contributed by atoms with Crippen LogP contribution in [-0.4, -0.2) is 34.8 Å². The summed E-state index contributed by atoms with van der Waals surface area (Å²) in [5.74, 6) is 1.66. The molecular weight excluding hydrogens is 262 g/mol. The summed E-state index contributed by atoms with van der Waals surface area (Å²) in [6.07, 6.45) is 4.24. The molecule has 2 aromatic rings. The van der Waals surface area contributed by atoms with E-state index in [4.69, 9.17) is 4.98 Å². The van der Waals surface area contributed by atoms with Crippen molar-refractivity contribution >= 4 is 11.8 Å². The van der Waals surface area contributed by atoms with Crippen molar-refractivity contribution in [1.82, 2.24) is 15.2 Å². The fraction of sp³-hybridized carbons (Fsp3) is 0.438. The minimum absolute atomic E-state index is 0.714. The van der Waals surface area contributed by atoms with Crippen LogP contribution in [0.15, 0.2) is 36.5 Å². The number of hydrogen-bond donors (Lipinski definition) is 0. The van der Waals surface area contributed by atoms with Crippen molar-refractivity contribution in [3.8, 4) is 0 Å². The van der Waals surface area contributed by atoms with Crippen LogP contribution in [0.3, 0.4) is 0 Å². The van der Waals surface area contributed by atoms with Crippen molar-refractivity contribution in [3.05, 3.63) is 42.1 Å². The highest BCUT2D eigenvalue weighted by Crippen LogP contribution is 2.19. The average molecular weight is 283 g/mol. The molecule has 1 fully saturated rings. The Morgan fingerprint density at radius 3 is 2.62 bits per heavy atom. The fourth-order valence-corrected chi connectivity index (χ4v) is 2.65. The predicted molar refractivity (Wildman–Crippen MR) is 84.4 cm³/mol.